The van der Waals surface area contributed by atoms with E-state index in [1.165, 1.54) is 4.90 Å². The molecule has 8 atom stereocenters. The summed E-state index contributed by atoms with van der Waals surface area (Å²) in [6.07, 6.45) is 4.52. The van der Waals surface area contributed by atoms with Crippen LogP contribution in [0.25, 0.3) is 0 Å². The minimum Gasteiger partial charge on any atom is -0.460 e. The zero-order valence-electron chi connectivity index (χ0n) is 27.3. The van der Waals surface area contributed by atoms with Crippen molar-refractivity contribution in [2.75, 3.05) is 24.6 Å². The van der Waals surface area contributed by atoms with Crippen molar-refractivity contribution in [1.82, 2.24) is 10.2 Å². The molecule has 3 fully saturated rings. The minimum absolute atomic E-state index is 0.121. The average molecular weight is 624 g/mol. The maximum Gasteiger partial charge on any atom is 0.312 e. The Bertz CT molecular complexity index is 1290. The van der Waals surface area contributed by atoms with Crippen LogP contribution in [0.15, 0.2) is 43.5 Å². The highest BCUT2D eigenvalue weighted by atomic mass is 16.6. The van der Waals surface area contributed by atoms with Gasteiger partial charge < -0.3 is 29.7 Å². The Balaban J connectivity index is 1.71. The first kappa shape index (κ1) is 34.4. The number of nitrogens with zero attached hydrogens (tertiary/aromatic N) is 2. The van der Waals surface area contributed by atoms with Gasteiger partial charge >= 0.3 is 5.97 Å². The number of benzene rings is 1. The molecule has 0 aliphatic carbocycles. The number of carbonyl (C=O) groups is 4. The van der Waals surface area contributed by atoms with Gasteiger partial charge in [-0.2, -0.15) is 0 Å². The molecule has 2 N–H and O–H groups in total. The van der Waals surface area contributed by atoms with Gasteiger partial charge in [0.25, 0.3) is 5.91 Å². The molecule has 0 unspecified atom stereocenters. The number of hydrogen-bond acceptors (Lipinski definition) is 7. The molecule has 0 radical (unpaired) electrons. The van der Waals surface area contributed by atoms with Gasteiger partial charge in [0, 0.05) is 18.7 Å². The molecule has 1 spiro atoms. The number of fused-ring (bicyclic) bond motifs is 1. The molecule has 2 bridgehead atoms. The maximum atomic E-state index is 14.9. The lowest BCUT2D eigenvalue weighted by atomic mass is 9.70. The van der Waals surface area contributed by atoms with Crippen LogP contribution in [0.2, 0.25) is 0 Å². The number of aliphatic hydroxyl groups is 1. The van der Waals surface area contributed by atoms with Gasteiger partial charge in [-0.3, -0.25) is 19.2 Å². The lowest BCUT2D eigenvalue weighted by Crippen LogP contribution is -2.60. The van der Waals surface area contributed by atoms with E-state index < -0.39 is 47.7 Å². The van der Waals surface area contributed by atoms with Gasteiger partial charge in [0.15, 0.2) is 0 Å². The third-order valence-corrected chi connectivity index (χ3v) is 9.86. The van der Waals surface area contributed by atoms with E-state index in [0.717, 1.165) is 16.8 Å². The lowest BCUT2D eigenvalue weighted by Gasteiger charge is -2.41. The summed E-state index contributed by atoms with van der Waals surface area (Å²) in [5.74, 6) is -3.41. The van der Waals surface area contributed by atoms with E-state index >= 15 is 0 Å². The summed E-state index contributed by atoms with van der Waals surface area (Å²) in [4.78, 5) is 58.4. The van der Waals surface area contributed by atoms with Gasteiger partial charge in [-0.1, -0.05) is 50.6 Å². The van der Waals surface area contributed by atoms with Crippen molar-refractivity contribution in [3.05, 3.63) is 54.6 Å². The van der Waals surface area contributed by atoms with Gasteiger partial charge in [0.1, 0.15) is 17.7 Å². The van der Waals surface area contributed by atoms with Gasteiger partial charge in [-0.15, -0.1) is 13.2 Å². The van der Waals surface area contributed by atoms with Crippen molar-refractivity contribution in [2.24, 2.45) is 17.8 Å². The topological polar surface area (TPSA) is 125 Å². The largest absolute Gasteiger partial charge is 0.460 e. The first-order chi connectivity index (χ1) is 21.5. The smallest absolute Gasteiger partial charge is 0.312 e. The number of aliphatic hydroxyl groups excluding tert-OH is 1. The van der Waals surface area contributed by atoms with E-state index in [2.05, 4.69) is 18.5 Å². The summed E-state index contributed by atoms with van der Waals surface area (Å²) in [7, 11) is 0. The molecule has 3 saturated heterocycles. The molecular weight excluding hydrogens is 574 g/mol. The van der Waals surface area contributed by atoms with Crippen molar-refractivity contribution < 1.29 is 33.8 Å². The van der Waals surface area contributed by atoms with E-state index in [9.17, 15) is 24.3 Å². The van der Waals surface area contributed by atoms with Crippen LogP contribution < -0.4 is 10.2 Å². The lowest BCUT2D eigenvalue weighted by molar-refractivity contribution is -0.160. The zero-order valence-corrected chi connectivity index (χ0v) is 27.3. The monoisotopic (exact) mass is 623 g/mol. The molecule has 246 valence electrons. The molecule has 3 aliphatic heterocycles. The molecule has 0 saturated carbocycles. The third-order valence-electron chi connectivity index (χ3n) is 9.86. The van der Waals surface area contributed by atoms with Crippen LogP contribution >= 0.6 is 0 Å². The number of aryl methyl sites for hydroxylation is 2. The quantitative estimate of drug-likeness (QED) is 0.226. The van der Waals surface area contributed by atoms with Crippen molar-refractivity contribution in [2.45, 2.75) is 96.6 Å². The fourth-order valence-electron chi connectivity index (χ4n) is 7.51. The fourth-order valence-corrected chi connectivity index (χ4v) is 7.51. The first-order valence-corrected chi connectivity index (χ1v) is 16.1. The Hall–Kier alpha value is -3.50. The molecule has 4 rings (SSSR count). The van der Waals surface area contributed by atoms with Gasteiger partial charge in [-0.25, -0.2) is 0 Å². The zero-order chi connectivity index (χ0) is 33.1. The van der Waals surface area contributed by atoms with E-state index in [-0.39, 0.29) is 43.3 Å². The van der Waals surface area contributed by atoms with Crippen molar-refractivity contribution in [3.63, 3.8) is 0 Å². The minimum atomic E-state index is -1.25. The summed E-state index contributed by atoms with van der Waals surface area (Å²) in [5, 5.41) is 13.4. The molecule has 45 heavy (non-hydrogen) atoms. The van der Waals surface area contributed by atoms with Crippen LogP contribution in [0.1, 0.15) is 64.0 Å². The van der Waals surface area contributed by atoms with Gasteiger partial charge in [-0.05, 0) is 57.1 Å². The number of anilines is 1. The van der Waals surface area contributed by atoms with E-state index in [1.807, 2.05) is 45.9 Å². The molecule has 1 aromatic carbocycles. The number of nitrogens with one attached hydrogen (secondary N) is 1. The summed E-state index contributed by atoms with van der Waals surface area (Å²) >= 11 is 0. The van der Waals surface area contributed by atoms with Gasteiger partial charge in [0.05, 0.1) is 37.1 Å². The number of para-hydroxylation sites is 1. The second kappa shape index (κ2) is 14.3. The highest BCUT2D eigenvalue weighted by molar-refractivity contribution is 6.05. The number of rotatable bonds is 15. The van der Waals surface area contributed by atoms with Crippen molar-refractivity contribution in [3.8, 4) is 0 Å². The van der Waals surface area contributed by atoms with Crippen molar-refractivity contribution >= 4 is 29.4 Å². The molecule has 3 aliphatic rings. The number of hydrogen-bond donors (Lipinski definition) is 2. The molecule has 10 heteroatoms. The van der Waals surface area contributed by atoms with E-state index in [1.54, 1.807) is 24.0 Å². The van der Waals surface area contributed by atoms with E-state index in [4.69, 9.17) is 9.47 Å². The highest BCUT2D eigenvalue weighted by Gasteiger charge is 2.76. The molecule has 3 amide bonds. The van der Waals surface area contributed by atoms with E-state index in [0.29, 0.717) is 32.1 Å². The van der Waals surface area contributed by atoms with Crippen LogP contribution in [0, 0.1) is 31.6 Å². The van der Waals surface area contributed by atoms with Crippen LogP contribution in [0.3, 0.4) is 0 Å². The Morgan fingerprint density at radius 1 is 1.22 bits per heavy atom. The fraction of sp³-hybridized carbons (Fsp3) is 0.600. The van der Waals surface area contributed by atoms with Gasteiger partial charge in [0.2, 0.25) is 11.8 Å². The Kier molecular flexibility index (Phi) is 10.9. The number of carbonyl (C=O) groups excluding carboxylic acids is 4. The molecule has 0 aromatic heterocycles. The predicted octanol–water partition coefficient (Wildman–Crippen LogP) is 3.62. The summed E-state index contributed by atoms with van der Waals surface area (Å²) in [6.45, 7) is 17.0. The summed E-state index contributed by atoms with van der Waals surface area (Å²) in [6, 6.07) is 4.11. The number of ether oxygens (including phenoxy) is 2. The molecule has 1 aromatic rings. The Morgan fingerprint density at radius 2 is 1.91 bits per heavy atom. The third kappa shape index (κ3) is 6.31. The summed E-state index contributed by atoms with van der Waals surface area (Å²) < 4.78 is 12.4. The van der Waals surface area contributed by atoms with Crippen molar-refractivity contribution in [1.29, 1.82) is 0 Å². The Labute approximate surface area is 266 Å². The SMILES string of the molecule is C=CCCC(=O)NC[C@H](C)OC(=O)[C@@H]1[C@@H]2CC[C@]3(O2)[C@H](C(=O)N(CC=C)c2c(C)cccc2C)N([C@@H](CO)[C@@H](C)CC)C(=O)[C@@H]13. The highest BCUT2D eigenvalue weighted by Crippen LogP contribution is 2.59. The normalized spacial score (nSPS) is 27.0. The maximum absolute atomic E-state index is 14.9. The van der Waals surface area contributed by atoms with Crippen LogP contribution in [0.5, 0.6) is 0 Å². The standard InChI is InChI=1S/C35H49N3O7/c1-8-11-15-27(40)36-19-24(7)44-34(43)28-26-16-17-35(45-26)29(28)32(41)38(25(20-39)21(4)10-3)31(35)33(42)37(18-9-2)30-22(5)13-12-14-23(30)6/h8-9,12-14,21,24-26,28-29,31,39H,1-2,10-11,15-20H2,3-7H3,(H,36,40)/t21-,24-,25-,26-,28+,29+,31-,35+/m0/s1. The molecule has 3 heterocycles. The second-order valence-electron chi connectivity index (χ2n) is 12.8. The van der Waals surface area contributed by atoms with Crippen LogP contribution in [-0.4, -0.2) is 83.3 Å². The number of amides is 3. The molecule has 10 nitrogen and oxygen atoms in total. The average Bonchev–Trinajstić information content (AvgIpc) is 3.66. The first-order valence-electron chi connectivity index (χ1n) is 16.1. The number of likely N-dealkylation sites (tertiary alicyclic amines) is 1. The Morgan fingerprint density at radius 3 is 2.51 bits per heavy atom. The van der Waals surface area contributed by atoms with Crippen LogP contribution in [-0.2, 0) is 28.7 Å². The summed E-state index contributed by atoms with van der Waals surface area (Å²) in [5.41, 5.74) is 1.30. The number of allylic oxidation sites excluding steroid dienone is 1. The predicted molar refractivity (Wildman–Crippen MR) is 171 cm³/mol. The second-order valence-corrected chi connectivity index (χ2v) is 12.8. The van der Waals surface area contributed by atoms with Crippen LogP contribution in [0.4, 0.5) is 5.69 Å². The number of esters is 1. The molecular formula is C35H49N3O7.